The average Bonchev–Trinajstić information content (AvgIpc) is 3.01. The molecular weight excluding hydrogens is 336 g/mol. The van der Waals surface area contributed by atoms with Crippen molar-refractivity contribution in [3.8, 4) is 11.1 Å². The Morgan fingerprint density at radius 3 is 2.37 bits per heavy atom. The molecule has 1 aliphatic heterocycles. The minimum absolute atomic E-state index is 0.00233. The van der Waals surface area contributed by atoms with Gasteiger partial charge in [-0.05, 0) is 30.2 Å². The van der Waals surface area contributed by atoms with Crippen LogP contribution in [0.2, 0.25) is 0 Å². The molecule has 27 heavy (non-hydrogen) atoms. The molecule has 3 aromatic rings. The lowest BCUT2D eigenvalue weighted by atomic mass is 10.1. The van der Waals surface area contributed by atoms with Crippen molar-refractivity contribution in [3.05, 3.63) is 78.8 Å². The highest BCUT2D eigenvalue weighted by Gasteiger charge is 2.21. The lowest BCUT2D eigenvalue weighted by Crippen LogP contribution is -2.35. The molecule has 136 valence electrons. The molecule has 0 N–H and O–H groups in total. The quantitative estimate of drug-likeness (QED) is 0.719. The molecule has 0 unspecified atom stereocenters. The molecule has 0 atom stereocenters. The van der Waals surface area contributed by atoms with Gasteiger partial charge in [0.2, 0.25) is 0 Å². The third-order valence-electron chi connectivity index (χ3n) is 4.85. The number of rotatable bonds is 3. The molecule has 0 saturated carbocycles. The van der Waals surface area contributed by atoms with Crippen LogP contribution >= 0.6 is 0 Å². The summed E-state index contributed by atoms with van der Waals surface area (Å²) in [4.78, 5) is 25.8. The van der Waals surface area contributed by atoms with E-state index in [1.165, 1.54) is 0 Å². The van der Waals surface area contributed by atoms with Gasteiger partial charge in [-0.2, -0.15) is 0 Å². The number of amides is 1. The fourth-order valence-corrected chi connectivity index (χ4v) is 3.37. The summed E-state index contributed by atoms with van der Waals surface area (Å²) in [6.45, 7) is 3.10. The largest absolute Gasteiger partial charge is 0.355 e. The summed E-state index contributed by atoms with van der Waals surface area (Å²) in [6, 6.07) is 19.8. The van der Waals surface area contributed by atoms with E-state index in [0.29, 0.717) is 12.2 Å². The maximum absolute atomic E-state index is 12.9. The molecule has 0 spiro atoms. The van der Waals surface area contributed by atoms with Gasteiger partial charge in [0.1, 0.15) is 11.5 Å². The molecule has 0 bridgehead atoms. The van der Waals surface area contributed by atoms with Gasteiger partial charge >= 0.3 is 0 Å². The van der Waals surface area contributed by atoms with Crippen molar-refractivity contribution in [3.63, 3.8) is 0 Å². The molecule has 1 fully saturated rings. The second-order valence-electron chi connectivity index (χ2n) is 6.62. The van der Waals surface area contributed by atoms with E-state index in [4.69, 9.17) is 0 Å². The van der Waals surface area contributed by atoms with Crippen molar-refractivity contribution >= 4 is 11.7 Å². The highest BCUT2D eigenvalue weighted by molar-refractivity contribution is 5.92. The summed E-state index contributed by atoms with van der Waals surface area (Å²) in [6.07, 6.45) is 4.51. The van der Waals surface area contributed by atoms with Crippen LogP contribution in [0.5, 0.6) is 0 Å². The number of hydrogen-bond acceptors (Lipinski definition) is 4. The number of pyridine rings is 2. The molecule has 4 rings (SSSR count). The monoisotopic (exact) mass is 358 g/mol. The van der Waals surface area contributed by atoms with E-state index in [0.717, 1.165) is 43.0 Å². The first-order valence-corrected chi connectivity index (χ1v) is 9.28. The molecule has 0 radical (unpaired) electrons. The van der Waals surface area contributed by atoms with Gasteiger partial charge in [-0.25, -0.2) is 4.98 Å². The van der Waals surface area contributed by atoms with E-state index < -0.39 is 0 Å². The minimum atomic E-state index is -0.00233. The molecule has 5 heteroatoms. The van der Waals surface area contributed by atoms with E-state index in [2.05, 4.69) is 14.9 Å². The third kappa shape index (κ3) is 3.97. The number of carbonyl (C=O) groups is 1. The first-order valence-electron chi connectivity index (χ1n) is 9.28. The van der Waals surface area contributed by atoms with Crippen molar-refractivity contribution in [2.24, 2.45) is 0 Å². The van der Waals surface area contributed by atoms with Crippen LogP contribution < -0.4 is 4.90 Å². The van der Waals surface area contributed by atoms with Crippen molar-refractivity contribution in [1.82, 2.24) is 14.9 Å². The SMILES string of the molecule is O=C(c1ccc(-c2ccccc2)cn1)N1CCCN(c2ccccn2)CC1. The summed E-state index contributed by atoms with van der Waals surface area (Å²) >= 11 is 0. The summed E-state index contributed by atoms with van der Waals surface area (Å²) in [7, 11) is 0. The highest BCUT2D eigenvalue weighted by Crippen LogP contribution is 2.19. The Morgan fingerprint density at radius 2 is 1.63 bits per heavy atom. The number of benzene rings is 1. The molecule has 0 aliphatic carbocycles. The van der Waals surface area contributed by atoms with Gasteiger partial charge in [0.25, 0.3) is 5.91 Å². The van der Waals surface area contributed by atoms with E-state index in [1.54, 1.807) is 12.4 Å². The minimum Gasteiger partial charge on any atom is -0.355 e. The predicted molar refractivity (Wildman–Crippen MR) is 107 cm³/mol. The number of carbonyl (C=O) groups excluding carboxylic acids is 1. The highest BCUT2D eigenvalue weighted by atomic mass is 16.2. The number of aromatic nitrogens is 2. The summed E-state index contributed by atoms with van der Waals surface area (Å²) in [5, 5.41) is 0. The zero-order chi connectivity index (χ0) is 18.5. The van der Waals surface area contributed by atoms with Gasteiger partial charge in [0.15, 0.2) is 0 Å². The van der Waals surface area contributed by atoms with Crippen molar-refractivity contribution in [1.29, 1.82) is 0 Å². The topological polar surface area (TPSA) is 49.3 Å². The van der Waals surface area contributed by atoms with E-state index in [1.807, 2.05) is 65.6 Å². The summed E-state index contributed by atoms with van der Waals surface area (Å²) in [5.74, 6) is 0.967. The van der Waals surface area contributed by atoms with E-state index in [-0.39, 0.29) is 5.91 Å². The second-order valence-corrected chi connectivity index (χ2v) is 6.62. The Bertz CT molecular complexity index is 881. The first kappa shape index (κ1) is 17.2. The molecule has 1 aromatic carbocycles. The predicted octanol–water partition coefficient (Wildman–Crippen LogP) is 3.50. The van der Waals surface area contributed by atoms with Crippen molar-refractivity contribution < 1.29 is 4.79 Å². The lowest BCUT2D eigenvalue weighted by molar-refractivity contribution is 0.0761. The van der Waals surface area contributed by atoms with Gasteiger partial charge in [-0.1, -0.05) is 42.5 Å². The average molecular weight is 358 g/mol. The van der Waals surface area contributed by atoms with Crippen LogP contribution in [0, 0.1) is 0 Å². The maximum atomic E-state index is 12.9. The van der Waals surface area contributed by atoms with Gasteiger partial charge in [0, 0.05) is 44.1 Å². The fraction of sp³-hybridized carbons (Fsp3) is 0.227. The zero-order valence-electron chi connectivity index (χ0n) is 15.2. The van der Waals surface area contributed by atoms with E-state index in [9.17, 15) is 4.79 Å². The lowest BCUT2D eigenvalue weighted by Gasteiger charge is -2.22. The Hall–Kier alpha value is -3.21. The zero-order valence-corrected chi connectivity index (χ0v) is 15.2. The normalized spacial score (nSPS) is 14.7. The van der Waals surface area contributed by atoms with Crippen LogP contribution in [0.25, 0.3) is 11.1 Å². The van der Waals surface area contributed by atoms with Gasteiger partial charge < -0.3 is 9.80 Å². The molecule has 5 nitrogen and oxygen atoms in total. The first-order chi connectivity index (χ1) is 13.3. The standard InChI is InChI=1S/C22H22N4O/c27-22(20-11-10-19(17-24-20)18-7-2-1-3-8-18)26-14-6-13-25(15-16-26)21-9-4-5-12-23-21/h1-5,7-12,17H,6,13-16H2. The molecule has 1 saturated heterocycles. The number of hydrogen-bond donors (Lipinski definition) is 0. The van der Waals surface area contributed by atoms with Gasteiger partial charge in [-0.15, -0.1) is 0 Å². The summed E-state index contributed by atoms with van der Waals surface area (Å²) < 4.78 is 0. The Morgan fingerprint density at radius 1 is 0.778 bits per heavy atom. The van der Waals surface area contributed by atoms with Crippen LogP contribution in [0.4, 0.5) is 5.82 Å². The van der Waals surface area contributed by atoms with Gasteiger partial charge in [-0.3, -0.25) is 9.78 Å². The third-order valence-corrected chi connectivity index (χ3v) is 4.85. The molecule has 1 amide bonds. The fourth-order valence-electron chi connectivity index (χ4n) is 3.37. The van der Waals surface area contributed by atoms with Crippen LogP contribution in [0.3, 0.4) is 0 Å². The smallest absolute Gasteiger partial charge is 0.272 e. The maximum Gasteiger partial charge on any atom is 0.272 e. The Kier molecular flexibility index (Phi) is 5.10. The molecular formula is C22H22N4O. The number of anilines is 1. The molecule has 1 aliphatic rings. The number of nitrogens with zero attached hydrogens (tertiary/aromatic N) is 4. The Labute approximate surface area is 159 Å². The van der Waals surface area contributed by atoms with Crippen LogP contribution in [-0.4, -0.2) is 47.0 Å². The van der Waals surface area contributed by atoms with Crippen molar-refractivity contribution in [2.45, 2.75) is 6.42 Å². The van der Waals surface area contributed by atoms with Crippen molar-refractivity contribution in [2.75, 3.05) is 31.1 Å². The van der Waals surface area contributed by atoms with Crippen LogP contribution in [-0.2, 0) is 0 Å². The molecule has 3 heterocycles. The van der Waals surface area contributed by atoms with Gasteiger partial charge in [0.05, 0.1) is 0 Å². The Balaban J connectivity index is 1.43. The van der Waals surface area contributed by atoms with Crippen LogP contribution in [0.1, 0.15) is 16.9 Å². The van der Waals surface area contributed by atoms with E-state index >= 15 is 0 Å². The summed E-state index contributed by atoms with van der Waals surface area (Å²) in [5.41, 5.74) is 2.62. The van der Waals surface area contributed by atoms with Crippen LogP contribution in [0.15, 0.2) is 73.1 Å². The second kappa shape index (κ2) is 7.99. The molecule has 2 aromatic heterocycles.